The van der Waals surface area contributed by atoms with Gasteiger partial charge in [-0.3, -0.25) is 13.9 Å². The fourth-order valence-electron chi connectivity index (χ4n) is 2.40. The minimum Gasteiger partial charge on any atom is -0.353 e. The predicted octanol–water partition coefficient (Wildman–Crippen LogP) is 0.549. The van der Waals surface area contributed by atoms with Gasteiger partial charge in [0.15, 0.2) is 0 Å². The zero-order valence-electron chi connectivity index (χ0n) is 12.6. The van der Waals surface area contributed by atoms with Gasteiger partial charge in [-0.2, -0.15) is 0 Å². The number of carbonyl (C=O) groups excluding carboxylic acids is 1. The van der Waals surface area contributed by atoms with Gasteiger partial charge >= 0.3 is 5.69 Å². The number of amides is 1. The Morgan fingerprint density at radius 2 is 1.76 bits per heavy atom. The number of fused-ring (bicyclic) bond motifs is 1. The Morgan fingerprint density at radius 1 is 1.10 bits per heavy atom. The summed E-state index contributed by atoms with van der Waals surface area (Å²) in [5.74, 6) is -0.144. The summed E-state index contributed by atoms with van der Waals surface area (Å²) in [6.45, 7) is 6.75. The number of benzene rings is 1. The first-order chi connectivity index (χ1) is 10.2. The number of para-hydroxylation sites is 2. The van der Waals surface area contributed by atoms with Crippen LogP contribution in [-0.4, -0.2) is 34.7 Å². The van der Waals surface area contributed by atoms with E-state index in [1.54, 1.807) is 4.57 Å². The maximum absolute atomic E-state index is 12.4. The predicted molar refractivity (Wildman–Crippen MR) is 83.4 cm³/mol. The molecule has 0 unspecified atom stereocenters. The van der Waals surface area contributed by atoms with Crippen LogP contribution in [0.25, 0.3) is 11.0 Å². The van der Waals surface area contributed by atoms with Crippen LogP contribution in [0.5, 0.6) is 0 Å². The summed E-state index contributed by atoms with van der Waals surface area (Å²) < 4.78 is 3.21. The quantitative estimate of drug-likeness (QED) is 0.732. The number of imidazole rings is 1. The first kappa shape index (κ1) is 15.3. The van der Waals surface area contributed by atoms with Crippen molar-refractivity contribution in [3.05, 3.63) is 34.7 Å². The normalized spacial score (nSPS) is 11.0. The molecule has 2 rings (SSSR count). The number of likely N-dealkylation sites (N-methyl/N-ethyl adjacent to an activating group) is 1. The number of aryl methyl sites for hydroxylation is 1. The molecule has 6 heteroatoms. The lowest BCUT2D eigenvalue weighted by Crippen LogP contribution is -2.36. The lowest BCUT2D eigenvalue weighted by molar-refractivity contribution is -0.121. The third-order valence-corrected chi connectivity index (χ3v) is 3.42. The second kappa shape index (κ2) is 7.08. The number of hydrogen-bond acceptors (Lipinski definition) is 3. The number of hydrogen-bond donors (Lipinski definition) is 2. The highest BCUT2D eigenvalue weighted by molar-refractivity contribution is 5.80. The molecule has 21 heavy (non-hydrogen) atoms. The van der Waals surface area contributed by atoms with Gasteiger partial charge in [0.1, 0.15) is 6.54 Å². The minimum absolute atomic E-state index is 0.0540. The van der Waals surface area contributed by atoms with Crippen LogP contribution in [0.4, 0.5) is 0 Å². The van der Waals surface area contributed by atoms with E-state index in [1.165, 1.54) is 4.57 Å². The van der Waals surface area contributed by atoms with Crippen LogP contribution in [0.15, 0.2) is 29.1 Å². The lowest BCUT2D eigenvalue weighted by Gasteiger charge is -2.06. The van der Waals surface area contributed by atoms with Crippen molar-refractivity contribution in [1.29, 1.82) is 0 Å². The largest absolute Gasteiger partial charge is 0.353 e. The van der Waals surface area contributed by atoms with Crippen molar-refractivity contribution in [2.45, 2.75) is 26.9 Å². The van der Waals surface area contributed by atoms with Crippen molar-refractivity contribution in [2.24, 2.45) is 0 Å². The zero-order chi connectivity index (χ0) is 15.2. The third-order valence-electron chi connectivity index (χ3n) is 3.42. The maximum Gasteiger partial charge on any atom is 0.329 e. The molecule has 0 aliphatic carbocycles. The van der Waals surface area contributed by atoms with E-state index in [4.69, 9.17) is 0 Å². The molecule has 2 N–H and O–H groups in total. The number of nitrogens with one attached hydrogen (secondary N) is 2. The van der Waals surface area contributed by atoms with Crippen molar-refractivity contribution in [3.8, 4) is 0 Å². The van der Waals surface area contributed by atoms with E-state index >= 15 is 0 Å². The van der Waals surface area contributed by atoms with Gasteiger partial charge in [-0.1, -0.05) is 19.1 Å². The van der Waals surface area contributed by atoms with E-state index in [1.807, 2.05) is 38.1 Å². The lowest BCUT2D eigenvalue weighted by atomic mass is 10.3. The van der Waals surface area contributed by atoms with E-state index < -0.39 is 0 Å². The monoisotopic (exact) mass is 290 g/mol. The van der Waals surface area contributed by atoms with Gasteiger partial charge < -0.3 is 10.6 Å². The molecule has 1 aromatic heterocycles. The fraction of sp³-hybridized carbons (Fsp3) is 0.467. The molecule has 0 aliphatic heterocycles. The molecular weight excluding hydrogens is 268 g/mol. The summed E-state index contributed by atoms with van der Waals surface area (Å²) in [6.07, 6.45) is 0. The molecule has 1 heterocycles. The highest BCUT2D eigenvalue weighted by atomic mass is 16.2. The van der Waals surface area contributed by atoms with Crippen LogP contribution in [0.2, 0.25) is 0 Å². The molecular formula is C15H22N4O2. The Kier molecular flexibility index (Phi) is 5.16. The Morgan fingerprint density at radius 3 is 2.38 bits per heavy atom. The van der Waals surface area contributed by atoms with Gasteiger partial charge in [0.25, 0.3) is 0 Å². The Bertz CT molecular complexity index is 672. The Balaban J connectivity index is 2.17. The van der Waals surface area contributed by atoms with Gasteiger partial charge in [0, 0.05) is 19.6 Å². The van der Waals surface area contributed by atoms with Gasteiger partial charge in [-0.25, -0.2) is 4.79 Å². The topological polar surface area (TPSA) is 68.1 Å². The summed E-state index contributed by atoms with van der Waals surface area (Å²) >= 11 is 0. The fourth-order valence-corrected chi connectivity index (χ4v) is 2.40. The van der Waals surface area contributed by atoms with Crippen molar-refractivity contribution < 1.29 is 4.79 Å². The van der Waals surface area contributed by atoms with Crippen LogP contribution in [0.1, 0.15) is 13.8 Å². The summed E-state index contributed by atoms with van der Waals surface area (Å²) in [7, 11) is 0. The van der Waals surface area contributed by atoms with Crippen LogP contribution in [0, 0.1) is 0 Å². The molecule has 0 saturated carbocycles. The van der Waals surface area contributed by atoms with E-state index in [9.17, 15) is 9.59 Å². The summed E-state index contributed by atoms with van der Waals surface area (Å²) in [5.41, 5.74) is 1.53. The first-order valence-electron chi connectivity index (χ1n) is 7.34. The van der Waals surface area contributed by atoms with E-state index in [0.29, 0.717) is 13.1 Å². The van der Waals surface area contributed by atoms with Gasteiger partial charge in [0.2, 0.25) is 5.91 Å². The molecule has 6 nitrogen and oxygen atoms in total. The van der Waals surface area contributed by atoms with E-state index in [0.717, 1.165) is 24.1 Å². The van der Waals surface area contributed by atoms with Gasteiger partial charge in [0.05, 0.1) is 11.0 Å². The van der Waals surface area contributed by atoms with Crippen molar-refractivity contribution >= 4 is 16.9 Å². The second-order valence-corrected chi connectivity index (χ2v) is 4.81. The van der Waals surface area contributed by atoms with Gasteiger partial charge in [-0.05, 0) is 25.6 Å². The molecule has 2 aromatic rings. The molecule has 0 atom stereocenters. The average molecular weight is 290 g/mol. The average Bonchev–Trinajstić information content (AvgIpc) is 2.76. The van der Waals surface area contributed by atoms with Crippen LogP contribution >= 0.6 is 0 Å². The number of aromatic nitrogens is 2. The smallest absolute Gasteiger partial charge is 0.329 e. The molecule has 0 aliphatic rings. The number of nitrogens with zero attached hydrogens (tertiary/aromatic N) is 2. The highest BCUT2D eigenvalue weighted by Gasteiger charge is 2.13. The SMILES string of the molecule is CCNCCNC(=O)Cn1c(=O)n(CC)c2ccccc21. The molecule has 1 aromatic carbocycles. The highest BCUT2D eigenvalue weighted by Crippen LogP contribution is 2.12. The zero-order valence-corrected chi connectivity index (χ0v) is 12.6. The second-order valence-electron chi connectivity index (χ2n) is 4.81. The minimum atomic E-state index is -0.144. The Labute approximate surface area is 123 Å². The van der Waals surface area contributed by atoms with Crippen LogP contribution in [0.3, 0.4) is 0 Å². The van der Waals surface area contributed by atoms with Crippen LogP contribution in [-0.2, 0) is 17.9 Å². The van der Waals surface area contributed by atoms with Crippen molar-refractivity contribution in [3.63, 3.8) is 0 Å². The summed E-state index contributed by atoms with van der Waals surface area (Å²) in [5, 5.41) is 5.95. The van der Waals surface area contributed by atoms with E-state index in [2.05, 4.69) is 10.6 Å². The van der Waals surface area contributed by atoms with Crippen LogP contribution < -0.4 is 16.3 Å². The van der Waals surface area contributed by atoms with Gasteiger partial charge in [-0.15, -0.1) is 0 Å². The maximum atomic E-state index is 12.4. The van der Waals surface area contributed by atoms with Crippen molar-refractivity contribution in [1.82, 2.24) is 19.8 Å². The first-order valence-corrected chi connectivity index (χ1v) is 7.34. The Hall–Kier alpha value is -2.08. The summed E-state index contributed by atoms with van der Waals surface area (Å²) in [4.78, 5) is 24.3. The van der Waals surface area contributed by atoms with E-state index in [-0.39, 0.29) is 18.1 Å². The molecule has 0 bridgehead atoms. The number of carbonyl (C=O) groups is 1. The molecule has 0 fully saturated rings. The molecule has 1 amide bonds. The van der Waals surface area contributed by atoms with Crippen molar-refractivity contribution in [2.75, 3.05) is 19.6 Å². The standard InChI is InChI=1S/C15H22N4O2/c1-3-16-9-10-17-14(20)11-19-13-8-6-5-7-12(13)18(4-2)15(19)21/h5-8,16H,3-4,9-11H2,1-2H3,(H,17,20). The molecule has 0 radical (unpaired) electrons. The molecule has 0 saturated heterocycles. The molecule has 114 valence electrons. The summed E-state index contributed by atoms with van der Waals surface area (Å²) in [6, 6.07) is 7.55. The third kappa shape index (κ3) is 3.33. The molecule has 0 spiro atoms. The number of rotatable bonds is 7.